The molecule has 0 aliphatic rings. The van der Waals surface area contributed by atoms with Crippen molar-refractivity contribution in [3.63, 3.8) is 0 Å². The van der Waals surface area contributed by atoms with Gasteiger partial charge in [0.05, 0.1) is 0 Å². The minimum atomic E-state index is -2.24. The molecule has 0 aromatic heterocycles. The molecule has 0 atom stereocenters. The number of hydrogen-bond donors (Lipinski definition) is 0. The van der Waals surface area contributed by atoms with Crippen molar-refractivity contribution in [2.75, 3.05) is 6.61 Å². The van der Waals surface area contributed by atoms with Crippen LogP contribution in [0, 0.1) is 41.4 Å². The second-order valence-corrected chi connectivity index (χ2v) is 2.39. The highest BCUT2D eigenvalue weighted by molar-refractivity contribution is 5.30. The zero-order chi connectivity index (χ0) is 11.6. The molecule has 15 heavy (non-hydrogen) atoms. The smallest absolute Gasteiger partial charge is 0.207 e. The minimum Gasteiger partial charge on any atom is -0.475 e. The monoisotopic (exact) mass is 222 g/mol. The van der Waals surface area contributed by atoms with Crippen LogP contribution in [0.25, 0.3) is 0 Å². The molecule has 1 rings (SSSR count). The van der Waals surface area contributed by atoms with E-state index in [1.54, 1.807) is 0 Å². The molecule has 0 heterocycles. The predicted octanol–water partition coefficient (Wildman–Crippen LogP) is 2.39. The van der Waals surface area contributed by atoms with Crippen LogP contribution in [0.3, 0.4) is 0 Å². The summed E-state index contributed by atoms with van der Waals surface area (Å²) in [4.78, 5) is 0. The van der Waals surface area contributed by atoms with Crippen LogP contribution in [0.15, 0.2) is 0 Å². The standard InChI is InChI=1S/C9H3F5O/c1-2-3-15-9-7(13)5(11)4(10)6(12)8(9)14/h1H,3H2. The van der Waals surface area contributed by atoms with E-state index in [1.165, 1.54) is 0 Å². The van der Waals surface area contributed by atoms with E-state index in [0.29, 0.717) is 0 Å². The summed E-state index contributed by atoms with van der Waals surface area (Å²) in [7, 11) is 0. The second-order valence-electron chi connectivity index (χ2n) is 2.39. The van der Waals surface area contributed by atoms with Gasteiger partial charge >= 0.3 is 0 Å². The van der Waals surface area contributed by atoms with Gasteiger partial charge in [0.1, 0.15) is 6.61 Å². The molecular weight excluding hydrogens is 219 g/mol. The summed E-state index contributed by atoms with van der Waals surface area (Å²) < 4.78 is 67.4. The molecular formula is C9H3F5O. The quantitative estimate of drug-likeness (QED) is 0.323. The fourth-order valence-corrected chi connectivity index (χ4v) is 0.825. The SMILES string of the molecule is C#CCOc1c(F)c(F)c(F)c(F)c1F. The number of halogens is 5. The Labute approximate surface area is 81.5 Å². The molecule has 6 heteroatoms. The minimum absolute atomic E-state index is 0.599. The van der Waals surface area contributed by atoms with Gasteiger partial charge in [-0.05, 0) is 0 Å². The Morgan fingerprint density at radius 3 is 1.67 bits per heavy atom. The highest BCUT2D eigenvalue weighted by Crippen LogP contribution is 2.28. The van der Waals surface area contributed by atoms with E-state index >= 15 is 0 Å². The van der Waals surface area contributed by atoms with Crippen LogP contribution in [0.5, 0.6) is 5.75 Å². The number of ether oxygens (including phenoxy) is 1. The topological polar surface area (TPSA) is 9.23 Å². The van der Waals surface area contributed by atoms with Gasteiger partial charge < -0.3 is 4.74 Å². The average Bonchev–Trinajstić information content (AvgIpc) is 2.24. The molecule has 0 aliphatic carbocycles. The molecule has 0 spiro atoms. The first-order valence-electron chi connectivity index (χ1n) is 3.58. The normalized spacial score (nSPS) is 9.87. The van der Waals surface area contributed by atoms with E-state index in [2.05, 4.69) is 4.74 Å². The van der Waals surface area contributed by atoms with Crippen molar-refractivity contribution in [1.29, 1.82) is 0 Å². The third-order valence-corrected chi connectivity index (χ3v) is 1.47. The summed E-state index contributed by atoms with van der Waals surface area (Å²) >= 11 is 0. The Morgan fingerprint density at radius 2 is 1.27 bits per heavy atom. The van der Waals surface area contributed by atoms with Crippen LogP contribution >= 0.6 is 0 Å². The zero-order valence-corrected chi connectivity index (χ0v) is 7.08. The van der Waals surface area contributed by atoms with Crippen LogP contribution in [0.4, 0.5) is 22.0 Å². The lowest BCUT2D eigenvalue weighted by Crippen LogP contribution is -2.06. The van der Waals surface area contributed by atoms with Crippen molar-refractivity contribution in [2.45, 2.75) is 0 Å². The summed E-state index contributed by atoms with van der Waals surface area (Å²) in [5, 5.41) is 0. The van der Waals surface area contributed by atoms with Gasteiger partial charge in [0.25, 0.3) is 0 Å². The van der Waals surface area contributed by atoms with Gasteiger partial charge in [0.2, 0.25) is 29.1 Å². The first-order chi connectivity index (χ1) is 7.00. The van der Waals surface area contributed by atoms with E-state index in [9.17, 15) is 22.0 Å². The summed E-state index contributed by atoms with van der Waals surface area (Å²) in [6.45, 7) is -0.599. The van der Waals surface area contributed by atoms with Gasteiger partial charge in [0, 0.05) is 0 Å². The molecule has 1 aromatic rings. The van der Waals surface area contributed by atoms with Gasteiger partial charge in [0.15, 0.2) is 5.75 Å². The lowest BCUT2D eigenvalue weighted by molar-refractivity contribution is 0.291. The summed E-state index contributed by atoms with van der Waals surface area (Å²) in [6.07, 6.45) is 4.70. The van der Waals surface area contributed by atoms with Crippen molar-refractivity contribution < 1.29 is 26.7 Å². The molecule has 0 saturated heterocycles. The third kappa shape index (κ3) is 1.86. The maximum atomic E-state index is 12.8. The van der Waals surface area contributed by atoms with E-state index in [-0.39, 0.29) is 0 Å². The van der Waals surface area contributed by atoms with Crippen molar-refractivity contribution in [3.05, 3.63) is 29.1 Å². The first-order valence-corrected chi connectivity index (χ1v) is 3.58. The van der Waals surface area contributed by atoms with Crippen molar-refractivity contribution in [3.8, 4) is 18.1 Å². The van der Waals surface area contributed by atoms with Crippen LogP contribution in [-0.2, 0) is 0 Å². The summed E-state index contributed by atoms with van der Waals surface area (Å²) in [6, 6.07) is 0. The predicted molar refractivity (Wildman–Crippen MR) is 40.6 cm³/mol. The molecule has 0 bridgehead atoms. The Morgan fingerprint density at radius 1 is 0.867 bits per heavy atom. The maximum absolute atomic E-state index is 12.8. The fraction of sp³-hybridized carbons (Fsp3) is 0.111. The van der Waals surface area contributed by atoms with E-state index in [4.69, 9.17) is 6.42 Å². The van der Waals surface area contributed by atoms with E-state index in [1.807, 2.05) is 5.92 Å². The molecule has 1 aromatic carbocycles. The van der Waals surface area contributed by atoms with E-state index < -0.39 is 41.4 Å². The highest BCUT2D eigenvalue weighted by atomic mass is 19.2. The Bertz CT molecular complexity index is 406. The molecule has 0 radical (unpaired) electrons. The van der Waals surface area contributed by atoms with E-state index in [0.717, 1.165) is 0 Å². The molecule has 0 fully saturated rings. The molecule has 0 saturated carbocycles. The van der Waals surface area contributed by atoms with Gasteiger partial charge in [-0.2, -0.15) is 8.78 Å². The van der Waals surface area contributed by atoms with Gasteiger partial charge in [-0.25, -0.2) is 13.2 Å². The van der Waals surface area contributed by atoms with Crippen molar-refractivity contribution in [1.82, 2.24) is 0 Å². The van der Waals surface area contributed by atoms with Gasteiger partial charge in [-0.15, -0.1) is 6.42 Å². The fourth-order valence-electron chi connectivity index (χ4n) is 0.825. The first kappa shape index (κ1) is 11.3. The number of benzene rings is 1. The second kappa shape index (κ2) is 4.17. The highest BCUT2D eigenvalue weighted by Gasteiger charge is 2.26. The number of rotatable bonds is 2. The molecule has 0 amide bonds. The number of terminal acetylenes is 1. The van der Waals surface area contributed by atoms with Crippen LogP contribution in [0.1, 0.15) is 0 Å². The van der Waals surface area contributed by atoms with Crippen molar-refractivity contribution >= 4 is 0 Å². The molecule has 0 aliphatic heterocycles. The third-order valence-electron chi connectivity index (χ3n) is 1.47. The van der Waals surface area contributed by atoms with Crippen LogP contribution in [-0.4, -0.2) is 6.61 Å². The van der Waals surface area contributed by atoms with Crippen LogP contribution < -0.4 is 4.74 Å². The lowest BCUT2D eigenvalue weighted by Gasteiger charge is -2.07. The van der Waals surface area contributed by atoms with Crippen LogP contribution in [0.2, 0.25) is 0 Å². The molecule has 0 unspecified atom stereocenters. The molecule has 0 N–H and O–H groups in total. The average molecular weight is 222 g/mol. The maximum Gasteiger partial charge on any atom is 0.207 e. The summed E-state index contributed by atoms with van der Waals surface area (Å²) in [5.41, 5.74) is 0. The van der Waals surface area contributed by atoms with Gasteiger partial charge in [-0.3, -0.25) is 0 Å². The molecule has 80 valence electrons. The Kier molecular flexibility index (Phi) is 3.14. The lowest BCUT2D eigenvalue weighted by atomic mass is 10.2. The Hall–Kier alpha value is -1.77. The zero-order valence-electron chi connectivity index (χ0n) is 7.08. The largest absolute Gasteiger partial charge is 0.475 e. The molecule has 1 nitrogen and oxygen atoms in total. The summed E-state index contributed by atoms with van der Waals surface area (Å²) in [5.74, 6) is -10.00. The van der Waals surface area contributed by atoms with Gasteiger partial charge in [-0.1, -0.05) is 5.92 Å². The number of hydrogen-bond acceptors (Lipinski definition) is 1. The Balaban J connectivity index is 3.33. The van der Waals surface area contributed by atoms with Crippen molar-refractivity contribution in [2.24, 2.45) is 0 Å².